The lowest BCUT2D eigenvalue weighted by Crippen LogP contribution is -2.39. The largest absolute Gasteiger partial charge is 0.465 e. The van der Waals surface area contributed by atoms with Crippen LogP contribution in [0, 0.1) is 6.92 Å². The molecule has 2 aromatic rings. The van der Waals surface area contributed by atoms with Crippen LogP contribution in [0.15, 0.2) is 48.5 Å². The van der Waals surface area contributed by atoms with Crippen molar-refractivity contribution in [3.8, 4) is 0 Å². The highest BCUT2D eigenvalue weighted by molar-refractivity contribution is 5.98. The molecule has 1 fully saturated rings. The third-order valence-electron chi connectivity index (χ3n) is 4.37. The summed E-state index contributed by atoms with van der Waals surface area (Å²) in [6.45, 7) is 2.42. The molecule has 2 aromatic carbocycles. The van der Waals surface area contributed by atoms with Crippen LogP contribution in [-0.2, 0) is 9.53 Å². The van der Waals surface area contributed by atoms with Crippen LogP contribution < -0.4 is 15.5 Å². The molecule has 27 heavy (non-hydrogen) atoms. The molecule has 2 N–H and O–H groups in total. The number of nitrogens with zero attached hydrogens (tertiary/aromatic N) is 1. The fraction of sp³-hybridized carbons (Fsp3) is 0.250. The summed E-state index contributed by atoms with van der Waals surface area (Å²) in [5.74, 6) is -0.460. The average Bonchev–Trinajstić information content (AvgIpc) is 3.02. The van der Waals surface area contributed by atoms with E-state index < -0.39 is 12.0 Å². The van der Waals surface area contributed by atoms with E-state index in [-0.39, 0.29) is 18.4 Å². The van der Waals surface area contributed by atoms with Crippen LogP contribution in [0.5, 0.6) is 0 Å². The molecule has 1 unspecified atom stereocenters. The van der Waals surface area contributed by atoms with E-state index in [1.54, 1.807) is 29.2 Å². The summed E-state index contributed by atoms with van der Waals surface area (Å²) in [6, 6.07) is 13.4. The van der Waals surface area contributed by atoms with Crippen molar-refractivity contribution >= 4 is 29.3 Å². The maximum absolute atomic E-state index is 12.3. The van der Waals surface area contributed by atoms with Gasteiger partial charge in [-0.2, -0.15) is 0 Å². The maximum Gasteiger partial charge on any atom is 0.337 e. The van der Waals surface area contributed by atoms with E-state index in [0.717, 1.165) is 11.3 Å². The second-order valence-corrected chi connectivity index (χ2v) is 6.41. The van der Waals surface area contributed by atoms with Crippen molar-refractivity contribution in [3.63, 3.8) is 0 Å². The van der Waals surface area contributed by atoms with Gasteiger partial charge >= 0.3 is 12.0 Å². The molecule has 0 saturated carbocycles. The zero-order valence-electron chi connectivity index (χ0n) is 15.2. The first-order valence-electron chi connectivity index (χ1n) is 8.59. The number of nitrogens with one attached hydrogen (secondary N) is 2. The van der Waals surface area contributed by atoms with Gasteiger partial charge in [0.05, 0.1) is 18.7 Å². The van der Waals surface area contributed by atoms with Crippen molar-refractivity contribution in [3.05, 3.63) is 59.7 Å². The molecule has 0 aromatic heterocycles. The number of hydrogen-bond donors (Lipinski definition) is 2. The summed E-state index contributed by atoms with van der Waals surface area (Å²) in [6.07, 6.45) is 0.253. The van der Waals surface area contributed by atoms with E-state index in [0.29, 0.717) is 17.8 Å². The average molecular weight is 367 g/mol. The minimum atomic E-state index is -0.438. The Hall–Kier alpha value is -3.35. The smallest absolute Gasteiger partial charge is 0.337 e. The van der Waals surface area contributed by atoms with Crippen molar-refractivity contribution in [1.29, 1.82) is 0 Å². The third-order valence-corrected chi connectivity index (χ3v) is 4.37. The summed E-state index contributed by atoms with van der Waals surface area (Å²) in [5.41, 5.74) is 2.89. The first kappa shape index (κ1) is 18.4. The zero-order valence-corrected chi connectivity index (χ0v) is 15.2. The Balaban J connectivity index is 1.56. The van der Waals surface area contributed by atoms with E-state index >= 15 is 0 Å². The second kappa shape index (κ2) is 7.90. The predicted molar refractivity (Wildman–Crippen MR) is 102 cm³/mol. The number of rotatable bonds is 4. The molecule has 1 heterocycles. The predicted octanol–water partition coefficient (Wildman–Crippen LogP) is 2.71. The highest BCUT2D eigenvalue weighted by Gasteiger charge is 2.31. The Bertz CT molecular complexity index is 847. The molecule has 0 aliphatic carbocycles. The van der Waals surface area contributed by atoms with Crippen LogP contribution in [-0.4, -0.2) is 37.6 Å². The number of benzene rings is 2. The van der Waals surface area contributed by atoms with Gasteiger partial charge in [0.25, 0.3) is 0 Å². The molecule has 1 aliphatic heterocycles. The third kappa shape index (κ3) is 4.44. The Kier molecular flexibility index (Phi) is 5.40. The standard InChI is InChI=1S/C20H21N3O4/c1-13-3-9-17(10-4-13)23-12-16(11-18(23)24)22-20(26)21-15-7-5-14(6-8-15)19(25)27-2/h3-10,16H,11-12H2,1-2H3,(H2,21,22,26). The number of hydrogen-bond acceptors (Lipinski definition) is 4. The maximum atomic E-state index is 12.3. The lowest BCUT2D eigenvalue weighted by molar-refractivity contribution is -0.117. The summed E-state index contributed by atoms with van der Waals surface area (Å²) >= 11 is 0. The van der Waals surface area contributed by atoms with Crippen LogP contribution in [0.1, 0.15) is 22.3 Å². The van der Waals surface area contributed by atoms with Gasteiger partial charge in [0, 0.05) is 24.3 Å². The quantitative estimate of drug-likeness (QED) is 0.814. The minimum absolute atomic E-state index is 0.0217. The summed E-state index contributed by atoms with van der Waals surface area (Å²) in [5, 5.41) is 5.51. The highest BCUT2D eigenvalue weighted by Crippen LogP contribution is 2.22. The van der Waals surface area contributed by atoms with Gasteiger partial charge in [-0.1, -0.05) is 17.7 Å². The summed E-state index contributed by atoms with van der Waals surface area (Å²) in [7, 11) is 1.31. The van der Waals surface area contributed by atoms with Gasteiger partial charge in [-0.15, -0.1) is 0 Å². The molecule has 1 atom stereocenters. The molecule has 140 valence electrons. The number of carbonyl (C=O) groups excluding carboxylic acids is 3. The first-order chi connectivity index (χ1) is 13.0. The van der Waals surface area contributed by atoms with E-state index in [4.69, 9.17) is 0 Å². The number of methoxy groups -OCH3 is 1. The van der Waals surface area contributed by atoms with Crippen molar-refractivity contribution in [2.45, 2.75) is 19.4 Å². The number of carbonyl (C=O) groups is 3. The molecule has 0 bridgehead atoms. The van der Waals surface area contributed by atoms with Gasteiger partial charge in [0.15, 0.2) is 0 Å². The number of aryl methyl sites for hydroxylation is 1. The van der Waals surface area contributed by atoms with Crippen molar-refractivity contribution in [2.24, 2.45) is 0 Å². The molecule has 1 aliphatic rings. The first-order valence-corrected chi connectivity index (χ1v) is 8.59. The van der Waals surface area contributed by atoms with E-state index in [2.05, 4.69) is 15.4 Å². The van der Waals surface area contributed by atoms with Gasteiger partial charge in [-0.3, -0.25) is 4.79 Å². The molecule has 3 amide bonds. The zero-order chi connectivity index (χ0) is 19.4. The summed E-state index contributed by atoms with van der Waals surface area (Å²) < 4.78 is 4.63. The molecule has 1 saturated heterocycles. The van der Waals surface area contributed by atoms with Gasteiger partial charge in [-0.25, -0.2) is 9.59 Å². The number of urea groups is 1. The number of amides is 3. The van der Waals surface area contributed by atoms with Crippen LogP contribution in [0.4, 0.5) is 16.2 Å². The Morgan fingerprint density at radius 1 is 1.07 bits per heavy atom. The van der Waals surface area contributed by atoms with Crippen LogP contribution in [0.25, 0.3) is 0 Å². The number of anilines is 2. The highest BCUT2D eigenvalue weighted by atomic mass is 16.5. The molecule has 0 radical (unpaired) electrons. The molecular weight excluding hydrogens is 346 g/mol. The topological polar surface area (TPSA) is 87.7 Å². The minimum Gasteiger partial charge on any atom is -0.465 e. The summed E-state index contributed by atoms with van der Waals surface area (Å²) in [4.78, 5) is 37.5. The number of ether oxygens (including phenoxy) is 1. The van der Waals surface area contributed by atoms with Gasteiger partial charge < -0.3 is 20.3 Å². The Labute approximate surface area is 157 Å². The Morgan fingerprint density at radius 3 is 2.37 bits per heavy atom. The van der Waals surface area contributed by atoms with Crippen molar-refractivity contribution < 1.29 is 19.1 Å². The monoisotopic (exact) mass is 367 g/mol. The van der Waals surface area contributed by atoms with Gasteiger partial charge in [0.2, 0.25) is 5.91 Å². The SMILES string of the molecule is COC(=O)c1ccc(NC(=O)NC2CC(=O)N(c3ccc(C)cc3)C2)cc1. The molecule has 0 spiro atoms. The molecule has 3 rings (SSSR count). The van der Waals surface area contributed by atoms with Gasteiger partial charge in [-0.05, 0) is 43.3 Å². The number of esters is 1. The lowest BCUT2D eigenvalue weighted by atomic mass is 10.2. The van der Waals surface area contributed by atoms with Gasteiger partial charge in [0.1, 0.15) is 0 Å². The lowest BCUT2D eigenvalue weighted by Gasteiger charge is -2.17. The fourth-order valence-corrected chi connectivity index (χ4v) is 2.94. The van der Waals surface area contributed by atoms with Crippen molar-refractivity contribution in [2.75, 3.05) is 23.9 Å². The Morgan fingerprint density at radius 2 is 1.74 bits per heavy atom. The van der Waals surface area contributed by atoms with E-state index in [1.165, 1.54) is 7.11 Å². The van der Waals surface area contributed by atoms with Crippen molar-refractivity contribution in [1.82, 2.24) is 5.32 Å². The normalized spacial score (nSPS) is 16.1. The van der Waals surface area contributed by atoms with Crippen LogP contribution >= 0.6 is 0 Å². The fourth-order valence-electron chi connectivity index (χ4n) is 2.94. The van der Waals surface area contributed by atoms with E-state index in [1.807, 2.05) is 31.2 Å². The van der Waals surface area contributed by atoms with Crippen LogP contribution in [0.2, 0.25) is 0 Å². The molecule has 7 heteroatoms. The molecular formula is C20H21N3O4. The van der Waals surface area contributed by atoms with Crippen LogP contribution in [0.3, 0.4) is 0 Å². The second-order valence-electron chi connectivity index (χ2n) is 6.41. The van der Waals surface area contributed by atoms with E-state index in [9.17, 15) is 14.4 Å². The molecule has 7 nitrogen and oxygen atoms in total.